The smallest absolute Gasteiger partial charge is 0.138 e. The summed E-state index contributed by atoms with van der Waals surface area (Å²) in [5.41, 5.74) is 0.948. The molecule has 0 spiro atoms. The second-order valence-electron chi connectivity index (χ2n) is 2.87. The van der Waals surface area contributed by atoms with Gasteiger partial charge >= 0.3 is 0 Å². The molecule has 0 saturated carbocycles. The third kappa shape index (κ3) is 3.05. The summed E-state index contributed by atoms with van der Waals surface area (Å²) in [5, 5.41) is 1.17. The number of benzene rings is 1. The Labute approximate surface area is 93.7 Å². The lowest BCUT2D eigenvalue weighted by Gasteiger charge is -2.09. The van der Waals surface area contributed by atoms with Crippen LogP contribution in [0.5, 0.6) is 5.75 Å². The molecule has 0 N–H and O–H groups in total. The van der Waals surface area contributed by atoms with Crippen LogP contribution in [0.1, 0.15) is 5.56 Å². The van der Waals surface area contributed by atoms with Crippen molar-refractivity contribution in [2.75, 3.05) is 20.3 Å². The molecule has 1 aromatic rings. The van der Waals surface area contributed by atoms with Gasteiger partial charge in [0.15, 0.2) is 0 Å². The van der Waals surface area contributed by atoms with E-state index >= 15 is 0 Å². The summed E-state index contributed by atoms with van der Waals surface area (Å²) < 4.78 is 10.3. The van der Waals surface area contributed by atoms with Crippen LogP contribution in [0.3, 0.4) is 0 Å². The van der Waals surface area contributed by atoms with Crippen LogP contribution in [0.2, 0.25) is 10.0 Å². The maximum Gasteiger partial charge on any atom is 0.138 e. The highest BCUT2D eigenvalue weighted by Crippen LogP contribution is 2.30. The lowest BCUT2D eigenvalue weighted by molar-refractivity contribution is 0.146. The molecule has 0 aliphatic rings. The van der Waals surface area contributed by atoms with E-state index in [-0.39, 0.29) is 0 Å². The number of aryl methyl sites for hydroxylation is 1. The Bertz CT molecular complexity index is 313. The Hall–Kier alpha value is -0.440. The van der Waals surface area contributed by atoms with Crippen molar-refractivity contribution < 1.29 is 9.47 Å². The topological polar surface area (TPSA) is 18.5 Å². The third-order valence-corrected chi connectivity index (χ3v) is 2.46. The molecule has 0 saturated heterocycles. The molecule has 1 rings (SSSR count). The number of hydrogen-bond acceptors (Lipinski definition) is 2. The number of ether oxygens (including phenoxy) is 2. The zero-order valence-corrected chi connectivity index (χ0v) is 9.65. The Morgan fingerprint density at radius 3 is 2.50 bits per heavy atom. The summed E-state index contributed by atoms with van der Waals surface area (Å²) in [4.78, 5) is 0. The van der Waals surface area contributed by atoms with Crippen LogP contribution in [0, 0.1) is 6.92 Å². The molecule has 0 radical (unpaired) electrons. The van der Waals surface area contributed by atoms with Gasteiger partial charge in [0.25, 0.3) is 0 Å². The van der Waals surface area contributed by atoms with Crippen LogP contribution < -0.4 is 4.74 Å². The van der Waals surface area contributed by atoms with Crippen molar-refractivity contribution in [3.8, 4) is 5.75 Å². The third-order valence-electron chi connectivity index (χ3n) is 1.76. The molecular weight excluding hydrogens is 223 g/mol. The molecule has 78 valence electrons. The minimum atomic E-state index is 0.483. The fourth-order valence-electron chi connectivity index (χ4n) is 0.976. The van der Waals surface area contributed by atoms with Crippen LogP contribution in [-0.4, -0.2) is 20.3 Å². The molecule has 0 fully saturated rings. The van der Waals surface area contributed by atoms with E-state index in [0.717, 1.165) is 5.56 Å². The summed E-state index contributed by atoms with van der Waals surface area (Å²) in [6.45, 7) is 2.93. The first kappa shape index (κ1) is 11.6. The molecule has 0 unspecified atom stereocenters. The average Bonchev–Trinajstić information content (AvgIpc) is 2.14. The molecule has 4 heteroatoms. The minimum Gasteiger partial charge on any atom is -0.490 e. The Morgan fingerprint density at radius 2 is 1.86 bits per heavy atom. The van der Waals surface area contributed by atoms with Crippen LogP contribution in [0.4, 0.5) is 0 Å². The average molecular weight is 235 g/mol. The minimum absolute atomic E-state index is 0.483. The van der Waals surface area contributed by atoms with Gasteiger partial charge in [0.1, 0.15) is 12.4 Å². The molecule has 0 atom stereocenters. The molecular formula is C10H12Cl2O2. The molecule has 0 aromatic heterocycles. The Morgan fingerprint density at radius 1 is 1.14 bits per heavy atom. The molecule has 0 heterocycles. The number of rotatable bonds is 4. The fourth-order valence-corrected chi connectivity index (χ4v) is 1.41. The number of halogens is 2. The van der Waals surface area contributed by atoms with Crippen LogP contribution >= 0.6 is 23.2 Å². The summed E-state index contributed by atoms with van der Waals surface area (Å²) >= 11 is 11.8. The SMILES string of the molecule is COCCOc1cc(C)c(Cl)cc1Cl. The Balaban J connectivity index is 2.72. The zero-order valence-electron chi connectivity index (χ0n) is 8.14. The van der Waals surface area contributed by atoms with Gasteiger partial charge < -0.3 is 9.47 Å². The summed E-state index contributed by atoms with van der Waals surface area (Å²) in [6.07, 6.45) is 0. The number of methoxy groups -OCH3 is 1. The monoisotopic (exact) mass is 234 g/mol. The quantitative estimate of drug-likeness (QED) is 0.745. The van der Waals surface area contributed by atoms with E-state index in [4.69, 9.17) is 32.7 Å². The van der Waals surface area contributed by atoms with Crippen molar-refractivity contribution in [3.05, 3.63) is 27.7 Å². The summed E-state index contributed by atoms with van der Waals surface area (Å²) in [5.74, 6) is 0.644. The highest BCUT2D eigenvalue weighted by Gasteiger charge is 2.05. The first-order valence-electron chi connectivity index (χ1n) is 4.22. The highest BCUT2D eigenvalue weighted by molar-refractivity contribution is 6.35. The molecule has 1 aromatic carbocycles. The van der Waals surface area contributed by atoms with Gasteiger partial charge in [-0.3, -0.25) is 0 Å². The van der Waals surface area contributed by atoms with E-state index in [9.17, 15) is 0 Å². The van der Waals surface area contributed by atoms with Gasteiger partial charge in [-0.05, 0) is 24.6 Å². The summed E-state index contributed by atoms with van der Waals surface area (Å²) in [7, 11) is 1.62. The molecule has 2 nitrogen and oxygen atoms in total. The summed E-state index contributed by atoms with van der Waals surface area (Å²) in [6, 6.07) is 3.50. The first-order chi connectivity index (χ1) is 6.65. The van der Waals surface area contributed by atoms with Crippen LogP contribution in [0.15, 0.2) is 12.1 Å². The first-order valence-corrected chi connectivity index (χ1v) is 4.98. The van der Waals surface area contributed by atoms with Crippen LogP contribution in [0.25, 0.3) is 0 Å². The Kier molecular flexibility index (Phi) is 4.52. The van der Waals surface area contributed by atoms with E-state index in [1.807, 2.05) is 13.0 Å². The lowest BCUT2D eigenvalue weighted by atomic mass is 10.2. The number of hydrogen-bond donors (Lipinski definition) is 0. The van der Waals surface area contributed by atoms with E-state index in [1.54, 1.807) is 13.2 Å². The van der Waals surface area contributed by atoms with Crippen molar-refractivity contribution in [1.29, 1.82) is 0 Å². The zero-order chi connectivity index (χ0) is 10.6. The second kappa shape index (κ2) is 5.44. The van der Waals surface area contributed by atoms with Crippen molar-refractivity contribution in [3.63, 3.8) is 0 Å². The molecule has 0 aliphatic heterocycles. The van der Waals surface area contributed by atoms with Gasteiger partial charge in [-0.25, -0.2) is 0 Å². The molecule has 0 aliphatic carbocycles. The predicted octanol–water partition coefficient (Wildman–Crippen LogP) is 3.33. The normalized spacial score (nSPS) is 10.3. The highest BCUT2D eigenvalue weighted by atomic mass is 35.5. The van der Waals surface area contributed by atoms with E-state index < -0.39 is 0 Å². The van der Waals surface area contributed by atoms with Gasteiger partial charge in [0, 0.05) is 12.1 Å². The lowest BCUT2D eigenvalue weighted by Crippen LogP contribution is -2.04. The second-order valence-corrected chi connectivity index (χ2v) is 3.69. The molecule has 14 heavy (non-hydrogen) atoms. The molecule has 0 bridgehead atoms. The van der Waals surface area contributed by atoms with Crippen LogP contribution in [-0.2, 0) is 4.74 Å². The van der Waals surface area contributed by atoms with Crippen molar-refractivity contribution in [1.82, 2.24) is 0 Å². The van der Waals surface area contributed by atoms with Crippen molar-refractivity contribution >= 4 is 23.2 Å². The van der Waals surface area contributed by atoms with Crippen molar-refractivity contribution in [2.45, 2.75) is 6.92 Å². The van der Waals surface area contributed by atoms with E-state index in [0.29, 0.717) is 29.0 Å². The van der Waals surface area contributed by atoms with Gasteiger partial charge in [-0.15, -0.1) is 0 Å². The predicted molar refractivity (Wildman–Crippen MR) is 58.6 cm³/mol. The van der Waals surface area contributed by atoms with E-state index in [2.05, 4.69) is 0 Å². The van der Waals surface area contributed by atoms with Gasteiger partial charge in [-0.1, -0.05) is 23.2 Å². The largest absolute Gasteiger partial charge is 0.490 e. The fraction of sp³-hybridized carbons (Fsp3) is 0.400. The maximum atomic E-state index is 5.93. The van der Waals surface area contributed by atoms with Gasteiger partial charge in [-0.2, -0.15) is 0 Å². The van der Waals surface area contributed by atoms with E-state index in [1.165, 1.54) is 0 Å². The molecule has 0 amide bonds. The van der Waals surface area contributed by atoms with Gasteiger partial charge in [0.05, 0.1) is 11.6 Å². The maximum absolute atomic E-state index is 5.93. The van der Waals surface area contributed by atoms with Gasteiger partial charge in [0.2, 0.25) is 0 Å². The standard InChI is InChI=1S/C10H12Cl2O2/c1-7-5-10(14-4-3-13-2)9(12)6-8(7)11/h5-6H,3-4H2,1-2H3. The van der Waals surface area contributed by atoms with Crippen molar-refractivity contribution in [2.24, 2.45) is 0 Å².